The highest BCUT2D eigenvalue weighted by Gasteiger charge is 2.18. The smallest absolute Gasteiger partial charge is 0.269 e. The van der Waals surface area contributed by atoms with Crippen molar-refractivity contribution in [3.63, 3.8) is 0 Å². The summed E-state index contributed by atoms with van der Waals surface area (Å²) in [7, 11) is 0. The topological polar surface area (TPSA) is 118 Å². The van der Waals surface area contributed by atoms with Crippen LogP contribution >= 0.6 is 11.3 Å². The van der Waals surface area contributed by atoms with Crippen molar-refractivity contribution in [2.45, 2.75) is 13.0 Å². The van der Waals surface area contributed by atoms with E-state index in [9.17, 15) is 20.0 Å². The highest BCUT2D eigenvalue weighted by Crippen LogP contribution is 2.26. The number of aliphatic hydroxyl groups excluding tert-OH is 1. The molecule has 9 heteroatoms. The Kier molecular flexibility index (Phi) is 5.53. The number of carbonyl (C=O) groups is 1. The van der Waals surface area contributed by atoms with Gasteiger partial charge in [-0.25, -0.2) is 4.98 Å². The molecule has 0 saturated carbocycles. The minimum atomic E-state index is -0.974. The number of carbonyl (C=O) groups excluding carboxylic acids is 1. The van der Waals surface area contributed by atoms with Gasteiger partial charge >= 0.3 is 0 Å². The highest BCUT2D eigenvalue weighted by molar-refractivity contribution is 7.17. The summed E-state index contributed by atoms with van der Waals surface area (Å²) in [5, 5.41) is 24.2. The van der Waals surface area contributed by atoms with Crippen LogP contribution in [0.1, 0.15) is 27.0 Å². The Labute approximate surface area is 158 Å². The third-order valence-corrected chi connectivity index (χ3v) is 5.01. The molecule has 1 amide bonds. The summed E-state index contributed by atoms with van der Waals surface area (Å²) in [4.78, 5) is 31.6. The Morgan fingerprint density at radius 2 is 2.04 bits per heavy atom. The Bertz CT molecular complexity index is 957. The van der Waals surface area contributed by atoms with Crippen LogP contribution in [-0.4, -0.2) is 32.4 Å². The maximum absolute atomic E-state index is 12.4. The number of nitro groups is 1. The molecule has 0 fully saturated rings. The van der Waals surface area contributed by atoms with Crippen LogP contribution in [0.15, 0.2) is 48.7 Å². The van der Waals surface area contributed by atoms with Crippen LogP contribution in [0.3, 0.4) is 0 Å². The van der Waals surface area contributed by atoms with Gasteiger partial charge in [0.1, 0.15) is 9.88 Å². The Balaban J connectivity index is 1.65. The standard InChI is InChI=1S/C18H16N4O4S/c1-11-16(27-18(21-11)14-4-2-3-9-19-14)17(24)20-10-15(23)12-5-7-13(8-6-12)22(25)26/h2-9,15,23H,10H2,1H3,(H,20,24). The number of thiazole rings is 1. The fourth-order valence-electron chi connectivity index (χ4n) is 2.41. The number of nitrogens with one attached hydrogen (secondary N) is 1. The van der Waals surface area contributed by atoms with Gasteiger partial charge in [0.25, 0.3) is 11.6 Å². The van der Waals surface area contributed by atoms with Crippen LogP contribution in [-0.2, 0) is 0 Å². The fourth-order valence-corrected chi connectivity index (χ4v) is 3.37. The molecule has 138 valence electrons. The summed E-state index contributed by atoms with van der Waals surface area (Å²) in [5.41, 5.74) is 1.70. The molecule has 3 rings (SSSR count). The Hall–Kier alpha value is -3.17. The molecule has 0 aliphatic heterocycles. The third-order valence-electron chi connectivity index (χ3n) is 3.83. The summed E-state index contributed by atoms with van der Waals surface area (Å²) in [6, 6.07) is 11.0. The SMILES string of the molecule is Cc1nc(-c2ccccn2)sc1C(=O)NCC(O)c1ccc([N+](=O)[O-])cc1. The summed E-state index contributed by atoms with van der Waals surface area (Å²) >= 11 is 1.23. The number of hydrogen-bond donors (Lipinski definition) is 2. The van der Waals surface area contributed by atoms with Gasteiger partial charge in [0.2, 0.25) is 0 Å². The van der Waals surface area contributed by atoms with Gasteiger partial charge in [0, 0.05) is 24.9 Å². The molecule has 0 aliphatic rings. The number of nitro benzene ring substituents is 1. The number of nitrogens with zero attached hydrogens (tertiary/aromatic N) is 3. The first-order valence-electron chi connectivity index (χ1n) is 8.05. The van der Waals surface area contributed by atoms with Crippen LogP contribution < -0.4 is 5.32 Å². The third kappa shape index (κ3) is 4.33. The first kappa shape index (κ1) is 18.6. The minimum Gasteiger partial charge on any atom is -0.387 e. The second-order valence-corrected chi connectivity index (χ2v) is 6.72. The number of non-ortho nitro benzene ring substituents is 1. The maximum Gasteiger partial charge on any atom is 0.269 e. The van der Waals surface area contributed by atoms with E-state index in [0.717, 1.165) is 0 Å². The van der Waals surface area contributed by atoms with Crippen molar-refractivity contribution < 1.29 is 14.8 Å². The van der Waals surface area contributed by atoms with Crippen LogP contribution in [0.25, 0.3) is 10.7 Å². The van der Waals surface area contributed by atoms with Crippen LogP contribution in [0.2, 0.25) is 0 Å². The molecule has 1 unspecified atom stereocenters. The summed E-state index contributed by atoms with van der Waals surface area (Å²) in [6.07, 6.45) is 0.685. The van der Waals surface area contributed by atoms with Gasteiger partial charge in [0.05, 0.1) is 22.4 Å². The maximum atomic E-state index is 12.4. The second kappa shape index (κ2) is 8.02. The first-order valence-corrected chi connectivity index (χ1v) is 8.87. The van der Waals surface area contributed by atoms with Gasteiger partial charge in [-0.15, -0.1) is 11.3 Å². The minimum absolute atomic E-state index is 0.0209. The highest BCUT2D eigenvalue weighted by atomic mass is 32.1. The first-order chi connectivity index (χ1) is 13.0. The number of pyridine rings is 1. The van der Waals surface area contributed by atoms with E-state index < -0.39 is 11.0 Å². The average molecular weight is 384 g/mol. The van der Waals surface area contributed by atoms with Crippen molar-refractivity contribution >= 4 is 22.9 Å². The lowest BCUT2D eigenvalue weighted by Gasteiger charge is -2.11. The molecule has 1 atom stereocenters. The average Bonchev–Trinajstić information content (AvgIpc) is 3.08. The number of aromatic nitrogens is 2. The zero-order chi connectivity index (χ0) is 19.4. The van der Waals surface area contributed by atoms with Crippen LogP contribution in [0.5, 0.6) is 0 Å². The summed E-state index contributed by atoms with van der Waals surface area (Å²) in [5.74, 6) is -0.340. The van der Waals surface area contributed by atoms with Crippen molar-refractivity contribution in [3.05, 3.63) is 74.9 Å². The van der Waals surface area contributed by atoms with Gasteiger partial charge in [-0.3, -0.25) is 19.9 Å². The van der Waals surface area contributed by atoms with Gasteiger partial charge in [-0.1, -0.05) is 6.07 Å². The van der Waals surface area contributed by atoms with E-state index in [0.29, 0.717) is 26.8 Å². The normalized spacial score (nSPS) is 11.8. The second-order valence-electron chi connectivity index (χ2n) is 5.72. The summed E-state index contributed by atoms with van der Waals surface area (Å²) < 4.78 is 0. The van der Waals surface area contributed by atoms with E-state index in [1.165, 1.54) is 35.6 Å². The van der Waals surface area contributed by atoms with Crippen LogP contribution in [0.4, 0.5) is 5.69 Å². The van der Waals surface area contributed by atoms with Gasteiger partial charge in [0.15, 0.2) is 0 Å². The van der Waals surface area contributed by atoms with E-state index in [1.54, 1.807) is 19.2 Å². The molecule has 0 radical (unpaired) electrons. The molecular weight excluding hydrogens is 368 g/mol. The molecule has 0 spiro atoms. The van der Waals surface area contributed by atoms with Crippen molar-refractivity contribution in [3.8, 4) is 10.7 Å². The lowest BCUT2D eigenvalue weighted by molar-refractivity contribution is -0.384. The van der Waals surface area contributed by atoms with Crippen molar-refractivity contribution in [2.75, 3.05) is 6.54 Å². The summed E-state index contributed by atoms with van der Waals surface area (Å²) in [6.45, 7) is 1.72. The van der Waals surface area contributed by atoms with E-state index in [2.05, 4.69) is 15.3 Å². The predicted molar refractivity (Wildman–Crippen MR) is 100 cm³/mol. The zero-order valence-corrected chi connectivity index (χ0v) is 15.1. The molecule has 2 heterocycles. The number of rotatable bonds is 6. The van der Waals surface area contributed by atoms with E-state index in [4.69, 9.17) is 0 Å². The Morgan fingerprint density at radius 1 is 1.30 bits per heavy atom. The monoisotopic (exact) mass is 384 g/mol. The van der Waals surface area contributed by atoms with E-state index in [1.807, 2.05) is 12.1 Å². The van der Waals surface area contributed by atoms with Crippen molar-refractivity contribution in [2.24, 2.45) is 0 Å². The molecular formula is C18H16N4O4S. The zero-order valence-electron chi connectivity index (χ0n) is 14.3. The lowest BCUT2D eigenvalue weighted by Crippen LogP contribution is -2.28. The molecule has 3 aromatic rings. The van der Waals surface area contributed by atoms with Crippen molar-refractivity contribution in [1.82, 2.24) is 15.3 Å². The van der Waals surface area contributed by atoms with Gasteiger partial charge in [-0.05, 0) is 36.8 Å². The number of hydrogen-bond acceptors (Lipinski definition) is 7. The van der Waals surface area contributed by atoms with Crippen molar-refractivity contribution in [1.29, 1.82) is 0 Å². The molecule has 2 aromatic heterocycles. The van der Waals surface area contributed by atoms with Gasteiger partial charge < -0.3 is 10.4 Å². The van der Waals surface area contributed by atoms with Crippen LogP contribution in [0, 0.1) is 17.0 Å². The number of benzene rings is 1. The molecule has 0 bridgehead atoms. The molecule has 0 aliphatic carbocycles. The molecule has 0 saturated heterocycles. The number of aliphatic hydroxyl groups is 1. The number of aryl methyl sites for hydroxylation is 1. The quantitative estimate of drug-likeness (QED) is 0.498. The van der Waals surface area contributed by atoms with Gasteiger partial charge in [-0.2, -0.15) is 0 Å². The van der Waals surface area contributed by atoms with E-state index >= 15 is 0 Å². The molecule has 1 aromatic carbocycles. The number of amides is 1. The van der Waals surface area contributed by atoms with E-state index in [-0.39, 0.29) is 18.1 Å². The lowest BCUT2D eigenvalue weighted by atomic mass is 10.1. The predicted octanol–water partition coefficient (Wildman–Crippen LogP) is 2.89. The Morgan fingerprint density at radius 3 is 2.67 bits per heavy atom. The molecule has 8 nitrogen and oxygen atoms in total. The fraction of sp³-hybridized carbons (Fsp3) is 0.167. The molecule has 27 heavy (non-hydrogen) atoms. The molecule has 2 N–H and O–H groups in total. The largest absolute Gasteiger partial charge is 0.387 e.